The molecule has 6 heteroatoms. The Bertz CT molecular complexity index is 671. The van der Waals surface area contributed by atoms with Gasteiger partial charge in [-0.15, -0.1) is 0 Å². The summed E-state index contributed by atoms with van der Waals surface area (Å²) >= 11 is 5.99. The normalized spacial score (nSPS) is 10.7. The number of carbonyl (C=O) groups is 1. The second-order valence-corrected chi connectivity index (χ2v) is 5.02. The number of amides is 1. The summed E-state index contributed by atoms with van der Waals surface area (Å²) in [4.78, 5) is 15.7. The van der Waals surface area contributed by atoms with Crippen LogP contribution in [0.25, 0.3) is 10.9 Å². The molecule has 106 valence electrons. The van der Waals surface area contributed by atoms with E-state index in [4.69, 9.17) is 23.1 Å². The molecule has 0 aliphatic heterocycles. The number of hydrogen-bond acceptors (Lipinski definition) is 1. The smallest absolute Gasteiger partial charge is 0.296 e. The second kappa shape index (κ2) is 5.96. The van der Waals surface area contributed by atoms with Crippen molar-refractivity contribution in [3.63, 3.8) is 0 Å². The molecule has 1 aromatic carbocycles. The lowest BCUT2D eigenvalue weighted by atomic mass is 10.2. The Morgan fingerprint density at radius 2 is 2.10 bits per heavy atom. The van der Waals surface area contributed by atoms with E-state index in [-0.39, 0.29) is 5.96 Å². The Hall–Kier alpha value is -2.01. The van der Waals surface area contributed by atoms with Gasteiger partial charge in [-0.25, -0.2) is 0 Å². The zero-order valence-corrected chi connectivity index (χ0v) is 12.0. The van der Waals surface area contributed by atoms with Crippen LogP contribution in [0.15, 0.2) is 29.3 Å². The molecule has 2 aromatic rings. The number of nitrogens with zero attached hydrogens (tertiary/aromatic N) is 2. The molecule has 0 unspecified atom stereocenters. The van der Waals surface area contributed by atoms with Crippen LogP contribution in [0.5, 0.6) is 0 Å². The van der Waals surface area contributed by atoms with Crippen LogP contribution in [0.4, 0.5) is 0 Å². The molecular weight excluding hydrogens is 276 g/mol. The Labute approximate surface area is 122 Å². The van der Waals surface area contributed by atoms with E-state index < -0.39 is 5.91 Å². The van der Waals surface area contributed by atoms with Gasteiger partial charge in [0.15, 0.2) is 5.96 Å². The van der Waals surface area contributed by atoms with Crippen molar-refractivity contribution < 1.29 is 4.79 Å². The van der Waals surface area contributed by atoms with Crippen molar-refractivity contribution in [1.82, 2.24) is 4.57 Å². The summed E-state index contributed by atoms with van der Waals surface area (Å²) < 4.78 is 1.93. The SMILES string of the molecule is CCCCn1c(C(=O)N=C(N)N)cc2cc(Cl)ccc21. The number of aryl methyl sites for hydroxylation is 1. The molecule has 5 nitrogen and oxygen atoms in total. The Morgan fingerprint density at radius 1 is 1.35 bits per heavy atom. The van der Waals surface area contributed by atoms with Crippen LogP contribution in [0.2, 0.25) is 5.02 Å². The minimum absolute atomic E-state index is 0.236. The van der Waals surface area contributed by atoms with Gasteiger partial charge < -0.3 is 16.0 Å². The molecule has 0 aliphatic rings. The minimum atomic E-state index is -0.437. The number of rotatable bonds is 4. The number of hydrogen-bond donors (Lipinski definition) is 2. The van der Waals surface area contributed by atoms with Crippen LogP contribution in [0.3, 0.4) is 0 Å². The molecule has 0 spiro atoms. The van der Waals surface area contributed by atoms with Gasteiger partial charge in [0.2, 0.25) is 0 Å². The van der Waals surface area contributed by atoms with Gasteiger partial charge in [-0.2, -0.15) is 4.99 Å². The van der Waals surface area contributed by atoms with E-state index in [1.54, 1.807) is 12.1 Å². The first-order valence-corrected chi connectivity index (χ1v) is 6.83. The quantitative estimate of drug-likeness (QED) is 0.670. The zero-order chi connectivity index (χ0) is 14.7. The maximum Gasteiger partial charge on any atom is 0.296 e. The fourth-order valence-corrected chi connectivity index (χ4v) is 2.33. The van der Waals surface area contributed by atoms with Gasteiger partial charge in [0.25, 0.3) is 5.91 Å². The lowest BCUT2D eigenvalue weighted by Crippen LogP contribution is -2.24. The average molecular weight is 293 g/mol. The second-order valence-electron chi connectivity index (χ2n) is 4.58. The predicted molar refractivity (Wildman–Crippen MR) is 82.0 cm³/mol. The van der Waals surface area contributed by atoms with E-state index >= 15 is 0 Å². The summed E-state index contributed by atoms with van der Waals surface area (Å²) in [7, 11) is 0. The molecule has 1 aromatic heterocycles. The highest BCUT2D eigenvalue weighted by molar-refractivity contribution is 6.31. The first-order chi connectivity index (χ1) is 9.52. The first-order valence-electron chi connectivity index (χ1n) is 6.45. The molecule has 4 N–H and O–H groups in total. The summed E-state index contributed by atoms with van der Waals surface area (Å²) in [6.45, 7) is 2.84. The van der Waals surface area contributed by atoms with Crippen molar-refractivity contribution in [2.75, 3.05) is 0 Å². The standard InChI is InChI=1S/C14H17ClN4O/c1-2-3-6-19-11-5-4-10(15)7-9(11)8-12(19)13(20)18-14(16)17/h4-5,7-8H,2-3,6H2,1H3,(H4,16,17,18,20). The van der Waals surface area contributed by atoms with E-state index in [0.717, 1.165) is 30.3 Å². The summed E-state index contributed by atoms with van der Waals surface area (Å²) in [5.41, 5.74) is 12.0. The molecule has 0 fully saturated rings. The van der Waals surface area contributed by atoms with E-state index in [1.807, 2.05) is 16.7 Å². The molecule has 1 heterocycles. The van der Waals surface area contributed by atoms with Gasteiger partial charge in [0.1, 0.15) is 5.69 Å². The number of halogens is 1. The highest BCUT2D eigenvalue weighted by Gasteiger charge is 2.15. The van der Waals surface area contributed by atoms with Gasteiger partial charge in [0.05, 0.1) is 0 Å². The van der Waals surface area contributed by atoms with E-state index in [9.17, 15) is 4.79 Å². The molecule has 1 amide bonds. The maximum atomic E-state index is 12.1. The van der Waals surface area contributed by atoms with E-state index in [1.165, 1.54) is 0 Å². The lowest BCUT2D eigenvalue weighted by Gasteiger charge is -2.08. The van der Waals surface area contributed by atoms with Gasteiger partial charge in [-0.1, -0.05) is 24.9 Å². The van der Waals surface area contributed by atoms with Crippen molar-refractivity contribution >= 4 is 34.4 Å². The highest BCUT2D eigenvalue weighted by atomic mass is 35.5. The van der Waals surface area contributed by atoms with Crippen LogP contribution >= 0.6 is 11.6 Å². The van der Waals surface area contributed by atoms with Gasteiger partial charge >= 0.3 is 0 Å². The minimum Gasteiger partial charge on any atom is -0.370 e. The number of aromatic nitrogens is 1. The fraction of sp³-hybridized carbons (Fsp3) is 0.286. The van der Waals surface area contributed by atoms with Crippen LogP contribution in [-0.4, -0.2) is 16.4 Å². The maximum absolute atomic E-state index is 12.1. The number of guanidine groups is 1. The summed E-state index contributed by atoms with van der Waals surface area (Å²) in [6, 6.07) is 7.30. The number of carbonyl (C=O) groups excluding carboxylic acids is 1. The van der Waals surface area contributed by atoms with Gasteiger partial charge in [-0.3, -0.25) is 4.79 Å². The third kappa shape index (κ3) is 2.93. The monoisotopic (exact) mass is 292 g/mol. The molecule has 0 saturated heterocycles. The number of aliphatic imine (C=N–C) groups is 1. The lowest BCUT2D eigenvalue weighted by molar-refractivity contribution is 0.0994. The van der Waals surface area contributed by atoms with Gasteiger partial charge in [0, 0.05) is 22.5 Å². The Balaban J connectivity index is 2.56. The summed E-state index contributed by atoms with van der Waals surface area (Å²) in [5, 5.41) is 1.54. The molecule has 2 rings (SSSR count). The van der Waals surface area contributed by atoms with E-state index in [0.29, 0.717) is 10.7 Å². The van der Waals surface area contributed by atoms with Crippen LogP contribution in [0.1, 0.15) is 30.3 Å². The van der Waals surface area contributed by atoms with Crippen LogP contribution in [0, 0.1) is 0 Å². The molecule has 0 radical (unpaired) electrons. The topological polar surface area (TPSA) is 86.4 Å². The molecule has 0 aliphatic carbocycles. The third-order valence-corrected chi connectivity index (χ3v) is 3.28. The van der Waals surface area contributed by atoms with Crippen LogP contribution in [-0.2, 0) is 6.54 Å². The van der Waals surface area contributed by atoms with Crippen molar-refractivity contribution in [3.05, 3.63) is 35.0 Å². The molecule has 0 atom stereocenters. The third-order valence-electron chi connectivity index (χ3n) is 3.05. The average Bonchev–Trinajstić information content (AvgIpc) is 2.73. The van der Waals surface area contributed by atoms with Crippen molar-refractivity contribution in [3.8, 4) is 0 Å². The number of nitrogens with two attached hydrogens (primary N) is 2. The summed E-state index contributed by atoms with van der Waals surface area (Å²) in [5.74, 6) is -0.672. The van der Waals surface area contributed by atoms with Gasteiger partial charge in [-0.05, 0) is 30.7 Å². The zero-order valence-electron chi connectivity index (χ0n) is 11.3. The molecular formula is C14H17ClN4O. The van der Waals surface area contributed by atoms with Crippen molar-refractivity contribution in [2.24, 2.45) is 16.5 Å². The summed E-state index contributed by atoms with van der Waals surface area (Å²) in [6.07, 6.45) is 2.00. The molecule has 0 bridgehead atoms. The number of benzene rings is 1. The Kier molecular flexibility index (Phi) is 4.29. The number of unbranched alkanes of at least 4 members (excludes halogenated alkanes) is 1. The fourth-order valence-electron chi connectivity index (χ4n) is 2.15. The van der Waals surface area contributed by atoms with Crippen molar-refractivity contribution in [2.45, 2.75) is 26.3 Å². The molecule has 20 heavy (non-hydrogen) atoms. The number of fused-ring (bicyclic) bond motifs is 1. The Morgan fingerprint density at radius 3 is 2.75 bits per heavy atom. The molecule has 0 saturated carbocycles. The van der Waals surface area contributed by atoms with E-state index in [2.05, 4.69) is 11.9 Å². The van der Waals surface area contributed by atoms with Crippen LogP contribution < -0.4 is 11.5 Å². The first kappa shape index (κ1) is 14.4. The predicted octanol–water partition coefficient (Wildman–Crippen LogP) is 2.51. The largest absolute Gasteiger partial charge is 0.370 e. The van der Waals surface area contributed by atoms with Crippen molar-refractivity contribution in [1.29, 1.82) is 0 Å². The highest BCUT2D eigenvalue weighted by Crippen LogP contribution is 2.24.